The number of hydrogen-bond acceptors (Lipinski definition) is 5. The van der Waals surface area contributed by atoms with Gasteiger partial charge in [-0.05, 0) is 29.1 Å². The second kappa shape index (κ2) is 9.95. The third-order valence-electron chi connectivity index (χ3n) is 4.92. The van der Waals surface area contributed by atoms with E-state index < -0.39 is 0 Å². The number of carbonyl (C=O) groups excluding carboxylic acids is 2. The lowest BCUT2D eigenvalue weighted by Crippen LogP contribution is -2.44. The fourth-order valence-electron chi connectivity index (χ4n) is 3.35. The molecule has 1 aliphatic rings. The van der Waals surface area contributed by atoms with Crippen molar-refractivity contribution < 1.29 is 18.7 Å². The average molecular weight is 432 g/mol. The summed E-state index contributed by atoms with van der Waals surface area (Å²) >= 11 is 1.56. The van der Waals surface area contributed by atoms with E-state index in [-0.39, 0.29) is 36.1 Å². The number of methoxy groups -OCH3 is 1. The van der Waals surface area contributed by atoms with E-state index in [2.05, 4.69) is 5.10 Å². The quantitative estimate of drug-likeness (QED) is 0.640. The zero-order chi connectivity index (χ0) is 21.7. The molecule has 6 nitrogen and oxygen atoms in total. The first-order chi connectivity index (χ1) is 14.4. The third-order valence-corrected chi connectivity index (χ3v) is 5.84. The van der Waals surface area contributed by atoms with Crippen LogP contribution < -0.4 is 0 Å². The second-order valence-electron chi connectivity index (χ2n) is 7.44. The van der Waals surface area contributed by atoms with Crippen LogP contribution in [0.1, 0.15) is 36.8 Å². The van der Waals surface area contributed by atoms with Gasteiger partial charge >= 0.3 is 0 Å². The van der Waals surface area contributed by atoms with Crippen LogP contribution in [0, 0.1) is 11.7 Å². The SMILES string of the molecule is COCCN(CC(=O)N1N=C(c2cccs2)CC1c1ccc(F)cc1)C(=O)C(C)C. The van der Waals surface area contributed by atoms with Crippen molar-refractivity contribution >= 4 is 28.9 Å². The van der Waals surface area contributed by atoms with Crippen molar-refractivity contribution in [2.45, 2.75) is 26.3 Å². The van der Waals surface area contributed by atoms with E-state index in [9.17, 15) is 14.0 Å². The fraction of sp³-hybridized carbons (Fsp3) is 0.409. The Balaban J connectivity index is 1.86. The van der Waals surface area contributed by atoms with Crippen LogP contribution >= 0.6 is 11.3 Å². The van der Waals surface area contributed by atoms with Gasteiger partial charge < -0.3 is 9.64 Å². The third kappa shape index (κ3) is 5.12. The number of thiophene rings is 1. The van der Waals surface area contributed by atoms with E-state index in [1.54, 1.807) is 44.4 Å². The first kappa shape index (κ1) is 22.1. The van der Waals surface area contributed by atoms with Crippen LogP contribution in [0.2, 0.25) is 0 Å². The summed E-state index contributed by atoms with van der Waals surface area (Å²) in [6, 6.07) is 9.68. The van der Waals surface area contributed by atoms with Crippen LogP contribution in [0.15, 0.2) is 46.9 Å². The van der Waals surface area contributed by atoms with Gasteiger partial charge in [-0.15, -0.1) is 11.3 Å². The molecule has 0 aliphatic carbocycles. The van der Waals surface area contributed by atoms with Gasteiger partial charge in [0.2, 0.25) is 5.91 Å². The molecule has 0 N–H and O–H groups in total. The summed E-state index contributed by atoms with van der Waals surface area (Å²) in [6.45, 7) is 4.19. The molecule has 1 unspecified atom stereocenters. The molecule has 2 heterocycles. The van der Waals surface area contributed by atoms with Crippen molar-refractivity contribution in [2.24, 2.45) is 11.0 Å². The normalized spacial score (nSPS) is 16.1. The van der Waals surface area contributed by atoms with Crippen molar-refractivity contribution in [3.63, 3.8) is 0 Å². The number of hydrazone groups is 1. The maximum absolute atomic E-state index is 13.4. The maximum Gasteiger partial charge on any atom is 0.262 e. The molecule has 0 radical (unpaired) electrons. The Bertz CT molecular complexity index is 897. The number of carbonyl (C=O) groups is 2. The van der Waals surface area contributed by atoms with Crippen LogP contribution in [0.4, 0.5) is 4.39 Å². The van der Waals surface area contributed by atoms with Gasteiger partial charge in [0.25, 0.3) is 5.91 Å². The van der Waals surface area contributed by atoms with E-state index in [4.69, 9.17) is 4.74 Å². The number of hydrogen-bond donors (Lipinski definition) is 0. The number of ether oxygens (including phenoxy) is 1. The summed E-state index contributed by atoms with van der Waals surface area (Å²) in [5.41, 5.74) is 1.62. The highest BCUT2D eigenvalue weighted by molar-refractivity contribution is 7.12. The first-order valence-corrected chi connectivity index (χ1v) is 10.7. The zero-order valence-electron chi connectivity index (χ0n) is 17.4. The molecule has 0 bridgehead atoms. The standard InChI is InChI=1S/C22H26FN3O3S/c1-15(2)22(28)25(10-11-29-3)14-21(27)26-19(16-6-8-17(23)9-7-16)13-18(24-26)20-5-4-12-30-20/h4-9,12,15,19H,10-11,13-14H2,1-3H3. The van der Waals surface area contributed by atoms with E-state index in [1.165, 1.54) is 22.0 Å². The molecule has 1 aromatic carbocycles. The topological polar surface area (TPSA) is 62.2 Å². The second-order valence-corrected chi connectivity index (χ2v) is 8.39. The van der Waals surface area contributed by atoms with Gasteiger partial charge in [-0.25, -0.2) is 9.40 Å². The van der Waals surface area contributed by atoms with Gasteiger partial charge in [0.1, 0.15) is 12.4 Å². The number of rotatable bonds is 8. The Morgan fingerprint density at radius 2 is 2.03 bits per heavy atom. The smallest absolute Gasteiger partial charge is 0.262 e. The van der Waals surface area contributed by atoms with Crippen molar-refractivity contribution in [3.8, 4) is 0 Å². The molecule has 1 aliphatic heterocycles. The van der Waals surface area contributed by atoms with Crippen LogP contribution in [0.3, 0.4) is 0 Å². The molecule has 2 amide bonds. The molecular weight excluding hydrogens is 405 g/mol. The van der Waals surface area contributed by atoms with E-state index in [1.807, 2.05) is 17.5 Å². The van der Waals surface area contributed by atoms with Gasteiger partial charge in [-0.3, -0.25) is 9.59 Å². The summed E-state index contributed by atoms with van der Waals surface area (Å²) < 4.78 is 18.5. The molecule has 0 saturated carbocycles. The molecule has 0 saturated heterocycles. The Kier molecular flexibility index (Phi) is 7.33. The summed E-state index contributed by atoms with van der Waals surface area (Å²) in [6.07, 6.45) is 0.536. The predicted molar refractivity (Wildman–Crippen MR) is 115 cm³/mol. The minimum atomic E-state index is -0.339. The minimum absolute atomic E-state index is 0.0840. The molecule has 3 rings (SSSR count). The number of nitrogens with zero attached hydrogens (tertiary/aromatic N) is 3. The number of amides is 2. The highest BCUT2D eigenvalue weighted by Crippen LogP contribution is 2.34. The Hall–Kier alpha value is -2.58. The van der Waals surface area contributed by atoms with Gasteiger partial charge in [-0.2, -0.15) is 5.10 Å². The summed E-state index contributed by atoms with van der Waals surface area (Å²) in [5, 5.41) is 8.00. The summed E-state index contributed by atoms with van der Waals surface area (Å²) in [4.78, 5) is 28.3. The predicted octanol–water partition coefficient (Wildman–Crippen LogP) is 3.70. The van der Waals surface area contributed by atoms with Crippen molar-refractivity contribution in [2.75, 3.05) is 26.8 Å². The van der Waals surface area contributed by atoms with Gasteiger partial charge in [0.15, 0.2) is 0 Å². The lowest BCUT2D eigenvalue weighted by atomic mass is 10.0. The lowest BCUT2D eigenvalue weighted by Gasteiger charge is -2.28. The minimum Gasteiger partial charge on any atom is -0.383 e. The Morgan fingerprint density at radius 1 is 1.30 bits per heavy atom. The largest absolute Gasteiger partial charge is 0.383 e. The van der Waals surface area contributed by atoms with E-state index in [0.717, 1.165) is 16.2 Å². The lowest BCUT2D eigenvalue weighted by molar-refractivity contribution is -0.143. The molecule has 2 aromatic rings. The monoisotopic (exact) mass is 431 g/mol. The average Bonchev–Trinajstić information content (AvgIpc) is 3.40. The summed E-state index contributed by atoms with van der Waals surface area (Å²) in [5.74, 6) is -0.949. The van der Waals surface area contributed by atoms with Crippen molar-refractivity contribution in [3.05, 3.63) is 58.0 Å². The van der Waals surface area contributed by atoms with E-state index in [0.29, 0.717) is 19.6 Å². The molecule has 30 heavy (non-hydrogen) atoms. The number of halogens is 1. The molecule has 0 spiro atoms. The molecule has 160 valence electrons. The highest BCUT2D eigenvalue weighted by atomic mass is 32.1. The van der Waals surface area contributed by atoms with Gasteiger partial charge in [0.05, 0.1) is 23.2 Å². The van der Waals surface area contributed by atoms with Crippen LogP contribution in [-0.2, 0) is 14.3 Å². The Morgan fingerprint density at radius 3 is 2.63 bits per heavy atom. The Labute approximate surface area is 179 Å². The molecule has 0 fully saturated rings. The van der Waals surface area contributed by atoms with Crippen LogP contribution in [0.25, 0.3) is 0 Å². The van der Waals surface area contributed by atoms with Crippen molar-refractivity contribution in [1.82, 2.24) is 9.91 Å². The first-order valence-electron chi connectivity index (χ1n) is 9.87. The molecular formula is C22H26FN3O3S. The number of benzene rings is 1. The molecule has 1 aromatic heterocycles. The zero-order valence-corrected chi connectivity index (χ0v) is 18.2. The van der Waals surface area contributed by atoms with Crippen LogP contribution in [-0.4, -0.2) is 54.2 Å². The van der Waals surface area contributed by atoms with E-state index >= 15 is 0 Å². The van der Waals surface area contributed by atoms with Gasteiger partial charge in [0, 0.05) is 26.0 Å². The summed E-state index contributed by atoms with van der Waals surface area (Å²) in [7, 11) is 1.56. The molecule has 1 atom stereocenters. The highest BCUT2D eigenvalue weighted by Gasteiger charge is 2.34. The molecule has 8 heteroatoms. The van der Waals surface area contributed by atoms with Gasteiger partial charge in [-0.1, -0.05) is 32.0 Å². The maximum atomic E-state index is 13.4. The van der Waals surface area contributed by atoms with Crippen LogP contribution in [0.5, 0.6) is 0 Å². The fourth-order valence-corrected chi connectivity index (χ4v) is 4.07. The van der Waals surface area contributed by atoms with Crippen molar-refractivity contribution in [1.29, 1.82) is 0 Å².